The minimum atomic E-state index is -0.458. The molecule has 10 heteroatoms. The lowest BCUT2D eigenvalue weighted by molar-refractivity contribution is -0.384. The number of non-ortho nitro benzene ring substituents is 1. The minimum Gasteiger partial charge on any atom is -0.349 e. The summed E-state index contributed by atoms with van der Waals surface area (Å²) in [6.07, 6.45) is 2.88. The van der Waals surface area contributed by atoms with E-state index < -0.39 is 4.92 Å². The second-order valence-electron chi connectivity index (χ2n) is 7.27. The quantitative estimate of drug-likeness (QED) is 0.322. The summed E-state index contributed by atoms with van der Waals surface area (Å²) in [5.74, 6) is 0.836. The third-order valence-corrected chi connectivity index (χ3v) is 6.20. The molecule has 1 fully saturated rings. The lowest BCUT2D eigenvalue weighted by Gasteiger charge is -2.23. The van der Waals surface area contributed by atoms with E-state index >= 15 is 0 Å². The predicted molar refractivity (Wildman–Crippen MR) is 113 cm³/mol. The van der Waals surface area contributed by atoms with E-state index in [-0.39, 0.29) is 29.9 Å². The molecule has 160 valence electrons. The van der Waals surface area contributed by atoms with Crippen LogP contribution in [0.15, 0.2) is 53.7 Å². The van der Waals surface area contributed by atoms with Crippen molar-refractivity contribution in [2.24, 2.45) is 5.92 Å². The second kappa shape index (κ2) is 9.25. The van der Waals surface area contributed by atoms with Gasteiger partial charge in [-0.15, -0.1) is 10.2 Å². The summed E-state index contributed by atoms with van der Waals surface area (Å²) in [4.78, 5) is 22.8. The number of carbonyl (C=O) groups excluding carboxylic acids is 1. The smallest absolute Gasteiger partial charge is 0.269 e. The van der Waals surface area contributed by atoms with Crippen LogP contribution in [0.25, 0.3) is 5.69 Å². The molecule has 8 nitrogen and oxygen atoms in total. The number of hydrogen-bond acceptors (Lipinski definition) is 6. The molecule has 1 saturated carbocycles. The van der Waals surface area contributed by atoms with E-state index in [2.05, 4.69) is 15.5 Å². The van der Waals surface area contributed by atoms with E-state index in [0.717, 1.165) is 24.8 Å². The third-order valence-electron chi connectivity index (χ3n) is 5.20. The molecule has 1 heterocycles. The van der Waals surface area contributed by atoms with Gasteiger partial charge in [-0.2, -0.15) is 0 Å². The summed E-state index contributed by atoms with van der Waals surface area (Å²) >= 11 is 1.41. The number of rotatable bonds is 8. The first kappa shape index (κ1) is 21.0. The van der Waals surface area contributed by atoms with Crippen LogP contribution in [-0.2, 0) is 17.1 Å². The number of nitro benzene ring substituents is 1. The van der Waals surface area contributed by atoms with Gasteiger partial charge in [-0.3, -0.25) is 19.5 Å². The summed E-state index contributed by atoms with van der Waals surface area (Å²) in [7, 11) is 0. The Balaban J connectivity index is 1.57. The number of hydrogen-bond donors (Lipinski definition) is 1. The molecule has 0 atom stereocenters. The molecular formula is C21H20FN5O3S. The highest BCUT2D eigenvalue weighted by Crippen LogP contribution is 2.28. The van der Waals surface area contributed by atoms with Gasteiger partial charge in [-0.25, -0.2) is 4.39 Å². The first-order chi connectivity index (χ1) is 15.0. The second-order valence-corrected chi connectivity index (χ2v) is 8.21. The molecule has 31 heavy (non-hydrogen) atoms. The van der Waals surface area contributed by atoms with Crippen LogP contribution in [0.4, 0.5) is 10.1 Å². The first-order valence-corrected chi connectivity index (χ1v) is 10.8. The number of carbonyl (C=O) groups is 1. The largest absolute Gasteiger partial charge is 0.349 e. The van der Waals surface area contributed by atoms with Crippen LogP contribution in [-0.4, -0.2) is 25.6 Å². The van der Waals surface area contributed by atoms with E-state index in [1.807, 2.05) is 0 Å². The van der Waals surface area contributed by atoms with Crippen molar-refractivity contribution in [1.82, 2.24) is 20.1 Å². The van der Waals surface area contributed by atoms with Gasteiger partial charge >= 0.3 is 0 Å². The van der Waals surface area contributed by atoms with Crippen molar-refractivity contribution >= 4 is 23.4 Å². The fourth-order valence-electron chi connectivity index (χ4n) is 3.20. The van der Waals surface area contributed by atoms with Gasteiger partial charge in [0.15, 0.2) is 11.0 Å². The molecule has 3 aromatic rings. The third kappa shape index (κ3) is 4.91. The lowest BCUT2D eigenvalue weighted by Crippen LogP contribution is -2.34. The Kier molecular flexibility index (Phi) is 6.26. The Bertz CT molecular complexity index is 1080. The van der Waals surface area contributed by atoms with Crippen LogP contribution in [0.5, 0.6) is 0 Å². The zero-order valence-corrected chi connectivity index (χ0v) is 17.3. The van der Waals surface area contributed by atoms with Gasteiger partial charge < -0.3 is 5.32 Å². The van der Waals surface area contributed by atoms with Crippen LogP contribution in [0.2, 0.25) is 0 Å². The van der Waals surface area contributed by atoms with Crippen molar-refractivity contribution in [3.63, 3.8) is 0 Å². The molecule has 1 aliphatic carbocycles. The molecule has 1 N–H and O–H groups in total. The predicted octanol–water partition coefficient (Wildman–Crippen LogP) is 4.02. The molecule has 1 amide bonds. The number of nitrogens with zero attached hydrogens (tertiary/aromatic N) is 4. The average Bonchev–Trinajstić information content (AvgIpc) is 3.13. The fourth-order valence-corrected chi connectivity index (χ4v) is 4.13. The number of benzene rings is 2. The molecule has 0 aliphatic heterocycles. The summed E-state index contributed by atoms with van der Waals surface area (Å²) in [5, 5.41) is 23.0. The van der Waals surface area contributed by atoms with Crippen molar-refractivity contribution < 1.29 is 14.1 Å². The van der Waals surface area contributed by atoms with Crippen molar-refractivity contribution in [1.29, 1.82) is 0 Å². The summed E-state index contributed by atoms with van der Waals surface area (Å²) in [6, 6.07) is 12.3. The normalized spacial score (nSPS) is 13.6. The zero-order valence-electron chi connectivity index (χ0n) is 16.5. The number of thioether (sulfide) groups is 1. The Labute approximate surface area is 182 Å². The average molecular weight is 441 g/mol. The van der Waals surface area contributed by atoms with Crippen molar-refractivity contribution in [2.45, 2.75) is 36.7 Å². The van der Waals surface area contributed by atoms with Gasteiger partial charge in [0.1, 0.15) is 5.82 Å². The van der Waals surface area contributed by atoms with E-state index in [1.165, 1.54) is 36.0 Å². The molecule has 0 bridgehead atoms. The molecule has 0 unspecified atom stereocenters. The molecule has 1 aromatic heterocycles. The van der Waals surface area contributed by atoms with Crippen LogP contribution >= 0.6 is 11.8 Å². The zero-order chi connectivity index (χ0) is 21.8. The van der Waals surface area contributed by atoms with Crippen molar-refractivity contribution in [3.05, 3.63) is 75.9 Å². The maximum Gasteiger partial charge on any atom is 0.269 e. The van der Waals surface area contributed by atoms with Gasteiger partial charge in [0.05, 0.1) is 11.5 Å². The topological polar surface area (TPSA) is 103 Å². The Morgan fingerprint density at radius 1 is 1.16 bits per heavy atom. The first-order valence-electron chi connectivity index (χ1n) is 9.85. The van der Waals surface area contributed by atoms with E-state index in [9.17, 15) is 19.3 Å². The molecule has 1 aliphatic rings. The van der Waals surface area contributed by atoms with Crippen LogP contribution in [0.1, 0.15) is 30.7 Å². The minimum absolute atomic E-state index is 0.00464. The van der Waals surface area contributed by atoms with E-state index in [1.54, 1.807) is 28.8 Å². The van der Waals surface area contributed by atoms with Gasteiger partial charge in [0.25, 0.3) is 5.69 Å². The highest BCUT2D eigenvalue weighted by Gasteiger charge is 2.25. The highest BCUT2D eigenvalue weighted by molar-refractivity contribution is 7.98. The molecule has 0 saturated heterocycles. The number of aromatic nitrogens is 3. The van der Waals surface area contributed by atoms with Crippen molar-refractivity contribution in [3.8, 4) is 5.69 Å². The Morgan fingerprint density at radius 2 is 1.87 bits per heavy atom. The van der Waals surface area contributed by atoms with Crippen LogP contribution < -0.4 is 5.32 Å². The van der Waals surface area contributed by atoms with Crippen molar-refractivity contribution in [2.75, 3.05) is 0 Å². The highest BCUT2D eigenvalue weighted by atomic mass is 32.2. The number of nitrogens with one attached hydrogen (secondary N) is 1. The van der Waals surface area contributed by atoms with Gasteiger partial charge in [0.2, 0.25) is 5.91 Å². The van der Waals surface area contributed by atoms with Crippen LogP contribution in [0.3, 0.4) is 0 Å². The SMILES string of the molecule is O=C(NCc1nnc(SCc2ccc(F)cc2)n1-c1ccc([N+](=O)[O-])cc1)C1CCC1. The summed E-state index contributed by atoms with van der Waals surface area (Å²) < 4.78 is 14.9. The van der Waals surface area contributed by atoms with E-state index in [4.69, 9.17) is 0 Å². The number of amides is 1. The number of halogens is 1. The lowest BCUT2D eigenvalue weighted by atomic mass is 9.85. The Morgan fingerprint density at radius 3 is 2.48 bits per heavy atom. The fraction of sp³-hybridized carbons (Fsp3) is 0.286. The molecule has 2 aromatic carbocycles. The monoisotopic (exact) mass is 441 g/mol. The van der Waals surface area contributed by atoms with E-state index in [0.29, 0.717) is 22.4 Å². The van der Waals surface area contributed by atoms with Gasteiger partial charge in [-0.05, 0) is 42.7 Å². The number of nitro groups is 1. The maximum absolute atomic E-state index is 13.1. The standard InChI is InChI=1S/C21H20FN5O3S/c22-16-6-4-14(5-7-16)13-31-21-25-24-19(12-23-20(28)15-2-1-3-15)26(21)17-8-10-18(11-9-17)27(29)30/h4-11,15H,1-3,12-13H2,(H,23,28). The molecule has 0 radical (unpaired) electrons. The Hall–Kier alpha value is -3.27. The summed E-state index contributed by atoms with van der Waals surface area (Å²) in [6.45, 7) is 0.205. The molecule has 0 spiro atoms. The van der Waals surface area contributed by atoms with Crippen LogP contribution in [0, 0.1) is 21.8 Å². The maximum atomic E-state index is 13.1. The molecule has 4 rings (SSSR count). The van der Waals surface area contributed by atoms with Gasteiger partial charge in [-0.1, -0.05) is 30.3 Å². The van der Waals surface area contributed by atoms with Gasteiger partial charge in [0, 0.05) is 29.5 Å². The molecular weight excluding hydrogens is 421 g/mol. The summed E-state index contributed by atoms with van der Waals surface area (Å²) in [5.41, 5.74) is 1.56.